The summed E-state index contributed by atoms with van der Waals surface area (Å²) in [4.78, 5) is 2.52. The summed E-state index contributed by atoms with van der Waals surface area (Å²) in [6.45, 7) is 9.96. The van der Waals surface area contributed by atoms with Gasteiger partial charge in [-0.1, -0.05) is 37.8 Å². The molecule has 0 spiro atoms. The Balaban J connectivity index is 2.21. The normalized spacial score (nSPS) is 20.4. The molecular weight excluding hydrogens is 206 g/mol. The third kappa shape index (κ3) is 2.54. The van der Waals surface area contributed by atoms with E-state index in [0.717, 1.165) is 0 Å². The molecule has 1 saturated heterocycles. The van der Waals surface area contributed by atoms with E-state index in [1.165, 1.54) is 49.1 Å². The highest BCUT2D eigenvalue weighted by molar-refractivity contribution is 5.65. The fourth-order valence-electron chi connectivity index (χ4n) is 2.83. The van der Waals surface area contributed by atoms with Crippen molar-refractivity contribution in [1.82, 2.24) is 4.90 Å². The van der Waals surface area contributed by atoms with E-state index >= 15 is 0 Å². The summed E-state index contributed by atoms with van der Waals surface area (Å²) in [5.41, 5.74) is 3.86. The van der Waals surface area contributed by atoms with Crippen molar-refractivity contribution in [3.05, 3.63) is 42.0 Å². The van der Waals surface area contributed by atoms with E-state index < -0.39 is 0 Å². The Labute approximate surface area is 105 Å². The van der Waals surface area contributed by atoms with Gasteiger partial charge in [-0.3, -0.25) is 0 Å². The molecule has 0 aromatic heterocycles. The molecule has 0 N–H and O–H groups in total. The molecule has 1 heteroatoms. The molecular formula is C16H23N. The molecule has 0 bridgehead atoms. The molecule has 2 rings (SSSR count). The lowest BCUT2D eigenvalue weighted by Gasteiger charge is -2.38. The Kier molecular flexibility index (Phi) is 3.88. The third-order valence-electron chi connectivity index (χ3n) is 3.90. The van der Waals surface area contributed by atoms with Gasteiger partial charge in [0.05, 0.1) is 0 Å². The van der Waals surface area contributed by atoms with Crippen molar-refractivity contribution in [3.8, 4) is 0 Å². The number of hydrogen-bond donors (Lipinski definition) is 0. The second-order valence-corrected chi connectivity index (χ2v) is 5.01. The molecule has 0 aliphatic carbocycles. The molecule has 1 aliphatic rings. The van der Waals surface area contributed by atoms with Crippen molar-refractivity contribution >= 4 is 5.70 Å². The van der Waals surface area contributed by atoms with Gasteiger partial charge in [-0.2, -0.15) is 0 Å². The van der Waals surface area contributed by atoms with Gasteiger partial charge < -0.3 is 4.90 Å². The summed E-state index contributed by atoms with van der Waals surface area (Å²) < 4.78 is 0. The molecule has 17 heavy (non-hydrogen) atoms. The third-order valence-corrected chi connectivity index (χ3v) is 3.90. The first-order chi connectivity index (χ1) is 8.24. The van der Waals surface area contributed by atoms with Crippen LogP contribution in [0.3, 0.4) is 0 Å². The number of aryl methyl sites for hydroxylation is 1. The Morgan fingerprint density at radius 2 is 2.12 bits per heavy atom. The Hall–Kier alpha value is -1.24. The molecule has 0 amide bonds. The van der Waals surface area contributed by atoms with Gasteiger partial charge in [0.25, 0.3) is 0 Å². The zero-order valence-corrected chi connectivity index (χ0v) is 11.1. The number of rotatable bonds is 3. The molecule has 1 nitrogen and oxygen atoms in total. The van der Waals surface area contributed by atoms with E-state index in [1.54, 1.807) is 0 Å². The minimum absolute atomic E-state index is 0.691. The summed E-state index contributed by atoms with van der Waals surface area (Å²) in [6.07, 6.45) is 5.23. The van der Waals surface area contributed by atoms with Crippen molar-refractivity contribution in [1.29, 1.82) is 0 Å². The standard InChI is InChI=1S/C16H23N/c1-4-15-10-7-8-12-17(15)14(3)16-11-6-5-9-13(16)2/h5-6,9,11,15H,3-4,7-8,10,12H2,1-2H3. The largest absolute Gasteiger partial charge is 0.369 e. The predicted octanol–water partition coefficient (Wildman–Crippen LogP) is 4.23. The van der Waals surface area contributed by atoms with Crippen molar-refractivity contribution in [2.45, 2.75) is 45.6 Å². The van der Waals surface area contributed by atoms with Crippen molar-refractivity contribution in [2.24, 2.45) is 0 Å². The Bertz CT molecular complexity index is 394. The van der Waals surface area contributed by atoms with E-state index in [0.29, 0.717) is 6.04 Å². The number of piperidine rings is 1. The topological polar surface area (TPSA) is 3.24 Å². The first-order valence-corrected chi connectivity index (χ1v) is 6.75. The van der Waals surface area contributed by atoms with E-state index in [2.05, 4.69) is 49.6 Å². The Morgan fingerprint density at radius 3 is 2.82 bits per heavy atom. The molecule has 0 radical (unpaired) electrons. The minimum atomic E-state index is 0.691. The Morgan fingerprint density at radius 1 is 1.35 bits per heavy atom. The summed E-state index contributed by atoms with van der Waals surface area (Å²) in [5.74, 6) is 0. The van der Waals surface area contributed by atoms with E-state index in [-0.39, 0.29) is 0 Å². The van der Waals surface area contributed by atoms with Crippen LogP contribution in [0.1, 0.15) is 43.7 Å². The lowest BCUT2D eigenvalue weighted by Crippen LogP contribution is -2.37. The van der Waals surface area contributed by atoms with Crippen LogP contribution in [0, 0.1) is 6.92 Å². The predicted molar refractivity (Wildman–Crippen MR) is 74.8 cm³/mol. The SMILES string of the molecule is C=C(c1ccccc1C)N1CCCCC1CC. The molecule has 1 aromatic carbocycles. The molecule has 1 aromatic rings. The monoisotopic (exact) mass is 229 g/mol. The maximum atomic E-state index is 4.33. The summed E-state index contributed by atoms with van der Waals surface area (Å²) in [6, 6.07) is 9.26. The van der Waals surface area contributed by atoms with Crippen LogP contribution >= 0.6 is 0 Å². The van der Waals surface area contributed by atoms with E-state index in [4.69, 9.17) is 0 Å². The molecule has 1 heterocycles. The fourth-order valence-corrected chi connectivity index (χ4v) is 2.83. The van der Waals surface area contributed by atoms with E-state index in [9.17, 15) is 0 Å². The maximum Gasteiger partial charge on any atom is 0.0371 e. The van der Waals surface area contributed by atoms with Crippen LogP contribution in [-0.4, -0.2) is 17.5 Å². The minimum Gasteiger partial charge on any atom is -0.369 e. The van der Waals surface area contributed by atoms with Crippen LogP contribution in [0.25, 0.3) is 5.70 Å². The van der Waals surface area contributed by atoms with Gasteiger partial charge in [0.15, 0.2) is 0 Å². The molecule has 1 fully saturated rings. The van der Waals surface area contributed by atoms with Crippen molar-refractivity contribution in [3.63, 3.8) is 0 Å². The maximum absolute atomic E-state index is 4.33. The van der Waals surface area contributed by atoms with Gasteiger partial charge in [0.2, 0.25) is 0 Å². The lowest BCUT2D eigenvalue weighted by molar-refractivity contribution is 0.222. The second kappa shape index (κ2) is 5.39. The lowest BCUT2D eigenvalue weighted by atomic mass is 9.96. The van der Waals surface area contributed by atoms with Crippen molar-refractivity contribution in [2.75, 3.05) is 6.54 Å². The summed E-state index contributed by atoms with van der Waals surface area (Å²) in [7, 11) is 0. The summed E-state index contributed by atoms with van der Waals surface area (Å²) >= 11 is 0. The zero-order valence-electron chi connectivity index (χ0n) is 11.1. The van der Waals surface area contributed by atoms with Gasteiger partial charge in [-0.25, -0.2) is 0 Å². The molecule has 92 valence electrons. The van der Waals surface area contributed by atoms with Crippen LogP contribution in [-0.2, 0) is 0 Å². The number of benzene rings is 1. The average molecular weight is 229 g/mol. The quantitative estimate of drug-likeness (QED) is 0.749. The fraction of sp³-hybridized carbons (Fsp3) is 0.500. The van der Waals surface area contributed by atoms with Crippen LogP contribution < -0.4 is 0 Å². The molecule has 1 atom stereocenters. The van der Waals surface area contributed by atoms with Gasteiger partial charge in [0.1, 0.15) is 0 Å². The molecule has 0 saturated carbocycles. The molecule has 1 aliphatic heterocycles. The number of likely N-dealkylation sites (tertiary alicyclic amines) is 1. The average Bonchev–Trinajstić information content (AvgIpc) is 2.38. The van der Waals surface area contributed by atoms with Crippen LogP contribution in [0.5, 0.6) is 0 Å². The number of nitrogens with zero attached hydrogens (tertiary/aromatic N) is 1. The van der Waals surface area contributed by atoms with Gasteiger partial charge in [-0.05, 0) is 38.2 Å². The smallest absolute Gasteiger partial charge is 0.0371 e. The highest BCUT2D eigenvalue weighted by atomic mass is 15.2. The van der Waals surface area contributed by atoms with E-state index in [1.807, 2.05) is 0 Å². The highest BCUT2D eigenvalue weighted by Gasteiger charge is 2.22. The first-order valence-electron chi connectivity index (χ1n) is 6.75. The van der Waals surface area contributed by atoms with Gasteiger partial charge in [-0.15, -0.1) is 0 Å². The van der Waals surface area contributed by atoms with Crippen LogP contribution in [0.4, 0.5) is 0 Å². The summed E-state index contributed by atoms with van der Waals surface area (Å²) in [5, 5.41) is 0. The van der Waals surface area contributed by atoms with Gasteiger partial charge >= 0.3 is 0 Å². The van der Waals surface area contributed by atoms with Crippen molar-refractivity contribution < 1.29 is 0 Å². The second-order valence-electron chi connectivity index (χ2n) is 5.01. The highest BCUT2D eigenvalue weighted by Crippen LogP contribution is 2.29. The number of hydrogen-bond acceptors (Lipinski definition) is 1. The first kappa shape index (κ1) is 12.2. The van der Waals surface area contributed by atoms with Crippen LogP contribution in [0.2, 0.25) is 0 Å². The van der Waals surface area contributed by atoms with Crippen LogP contribution in [0.15, 0.2) is 30.8 Å². The van der Waals surface area contributed by atoms with Gasteiger partial charge in [0, 0.05) is 23.8 Å². The molecule has 1 unspecified atom stereocenters. The zero-order chi connectivity index (χ0) is 12.3.